The summed E-state index contributed by atoms with van der Waals surface area (Å²) >= 11 is 5.91. The highest BCUT2D eigenvalue weighted by molar-refractivity contribution is 6.30. The molecule has 2 heterocycles. The second-order valence-corrected chi connectivity index (χ2v) is 5.31. The molecule has 0 saturated carbocycles. The molecular formula is C14H13ClN4O. The van der Waals surface area contributed by atoms with E-state index in [4.69, 9.17) is 11.6 Å². The molecule has 102 valence electrons. The first-order chi connectivity index (χ1) is 9.58. The summed E-state index contributed by atoms with van der Waals surface area (Å²) in [4.78, 5) is 19.7. The number of halogens is 1. The lowest BCUT2D eigenvalue weighted by Gasteiger charge is -2.12. The van der Waals surface area contributed by atoms with Crippen LogP contribution >= 0.6 is 11.6 Å². The maximum absolute atomic E-state index is 12.5. The predicted octanol–water partition coefficient (Wildman–Crippen LogP) is 2.86. The van der Waals surface area contributed by atoms with Crippen molar-refractivity contribution in [1.29, 1.82) is 0 Å². The summed E-state index contributed by atoms with van der Waals surface area (Å²) in [5.41, 5.74) is 2.21. The number of nitrogens with zero attached hydrogens (tertiary/aromatic N) is 3. The van der Waals surface area contributed by atoms with Crippen LogP contribution in [0.2, 0.25) is 5.02 Å². The maximum atomic E-state index is 12.5. The largest absolute Gasteiger partial charge is 0.323 e. The van der Waals surface area contributed by atoms with Gasteiger partial charge in [-0.15, -0.1) is 0 Å². The molecule has 0 radical (unpaired) electrons. The van der Waals surface area contributed by atoms with Gasteiger partial charge in [-0.25, -0.2) is 0 Å². The quantitative estimate of drug-likeness (QED) is 0.788. The number of hydrogen-bond donors (Lipinski definition) is 1. The van der Waals surface area contributed by atoms with Crippen LogP contribution in [0.3, 0.4) is 0 Å². The van der Waals surface area contributed by atoms with E-state index in [0.29, 0.717) is 16.4 Å². The zero-order valence-corrected chi connectivity index (χ0v) is 11.8. The second kappa shape index (κ2) is 4.76. The third kappa shape index (κ3) is 2.00. The number of aromatic nitrogens is 4. The first-order valence-electron chi connectivity index (χ1n) is 6.30. The molecule has 0 spiro atoms. The number of rotatable bonds is 2. The highest BCUT2D eigenvalue weighted by Crippen LogP contribution is 2.26. The van der Waals surface area contributed by atoms with E-state index in [1.54, 1.807) is 12.1 Å². The summed E-state index contributed by atoms with van der Waals surface area (Å²) < 4.78 is 1.29. The van der Waals surface area contributed by atoms with Crippen LogP contribution in [0.4, 0.5) is 0 Å². The minimum Gasteiger partial charge on any atom is -0.323 e. The van der Waals surface area contributed by atoms with Gasteiger partial charge in [-0.3, -0.25) is 4.79 Å². The van der Waals surface area contributed by atoms with Crippen LogP contribution < -0.4 is 5.56 Å². The highest BCUT2D eigenvalue weighted by atomic mass is 35.5. The predicted molar refractivity (Wildman–Crippen MR) is 78.1 cm³/mol. The molecule has 0 fully saturated rings. The molecule has 6 heteroatoms. The zero-order valence-electron chi connectivity index (χ0n) is 11.1. The maximum Gasteiger partial charge on any atom is 0.279 e. The van der Waals surface area contributed by atoms with Crippen molar-refractivity contribution in [3.05, 3.63) is 51.5 Å². The Morgan fingerprint density at radius 2 is 1.95 bits per heavy atom. The average molecular weight is 289 g/mol. The fourth-order valence-corrected chi connectivity index (χ4v) is 2.38. The van der Waals surface area contributed by atoms with Crippen molar-refractivity contribution in [3.8, 4) is 11.3 Å². The van der Waals surface area contributed by atoms with Crippen LogP contribution in [0, 0.1) is 0 Å². The third-order valence-corrected chi connectivity index (χ3v) is 3.44. The van der Waals surface area contributed by atoms with Gasteiger partial charge in [0.25, 0.3) is 5.56 Å². The van der Waals surface area contributed by atoms with E-state index >= 15 is 0 Å². The van der Waals surface area contributed by atoms with E-state index in [1.807, 2.05) is 26.0 Å². The van der Waals surface area contributed by atoms with Gasteiger partial charge in [-0.2, -0.15) is 14.6 Å². The van der Waals surface area contributed by atoms with Crippen molar-refractivity contribution < 1.29 is 0 Å². The Hall–Kier alpha value is -2.14. The molecule has 0 bridgehead atoms. The number of aromatic amines is 1. The number of nitrogens with one attached hydrogen (secondary N) is 1. The Morgan fingerprint density at radius 3 is 2.60 bits per heavy atom. The summed E-state index contributed by atoms with van der Waals surface area (Å²) in [6.07, 6.45) is 1.36. The Morgan fingerprint density at radius 1 is 1.25 bits per heavy atom. The minimum atomic E-state index is -0.142. The van der Waals surface area contributed by atoms with Crippen molar-refractivity contribution in [3.63, 3.8) is 0 Å². The first-order valence-corrected chi connectivity index (χ1v) is 6.67. The Kier molecular flexibility index (Phi) is 3.06. The van der Waals surface area contributed by atoms with Crippen molar-refractivity contribution in [2.45, 2.75) is 19.8 Å². The standard InChI is InChI=1S/C14H13ClN4O/c1-8(2)11-12(9-3-5-10(15)6-4-9)18-14-16-7-17-19(14)13(11)20/h3-8H,1-2H3,(H,16,17,18). The lowest BCUT2D eigenvalue weighted by molar-refractivity contribution is 0.797. The smallest absolute Gasteiger partial charge is 0.279 e. The Labute approximate surface area is 120 Å². The van der Waals surface area contributed by atoms with E-state index in [0.717, 1.165) is 11.3 Å². The molecule has 0 saturated heterocycles. The number of benzene rings is 1. The summed E-state index contributed by atoms with van der Waals surface area (Å²) in [7, 11) is 0. The minimum absolute atomic E-state index is 0.0676. The van der Waals surface area contributed by atoms with Gasteiger partial charge < -0.3 is 4.98 Å². The summed E-state index contributed by atoms with van der Waals surface area (Å²) in [6.45, 7) is 3.96. The van der Waals surface area contributed by atoms with Gasteiger partial charge in [0, 0.05) is 10.6 Å². The highest BCUT2D eigenvalue weighted by Gasteiger charge is 2.17. The van der Waals surface area contributed by atoms with Gasteiger partial charge in [-0.1, -0.05) is 37.6 Å². The molecule has 2 aromatic heterocycles. The van der Waals surface area contributed by atoms with E-state index < -0.39 is 0 Å². The molecule has 0 atom stereocenters. The molecule has 5 nitrogen and oxygen atoms in total. The fourth-order valence-electron chi connectivity index (χ4n) is 2.26. The van der Waals surface area contributed by atoms with Crippen molar-refractivity contribution >= 4 is 17.4 Å². The molecule has 3 aromatic rings. The molecule has 0 aliphatic rings. The van der Waals surface area contributed by atoms with E-state index in [-0.39, 0.29) is 11.5 Å². The first kappa shape index (κ1) is 12.9. The van der Waals surface area contributed by atoms with Gasteiger partial charge >= 0.3 is 0 Å². The fraction of sp³-hybridized carbons (Fsp3) is 0.214. The monoisotopic (exact) mass is 288 g/mol. The number of fused-ring (bicyclic) bond motifs is 1. The molecule has 0 unspecified atom stereocenters. The van der Waals surface area contributed by atoms with Crippen LogP contribution in [0.15, 0.2) is 35.4 Å². The summed E-state index contributed by atoms with van der Waals surface area (Å²) in [5.74, 6) is 0.502. The van der Waals surface area contributed by atoms with Crippen molar-refractivity contribution in [1.82, 2.24) is 19.6 Å². The van der Waals surface area contributed by atoms with Crippen molar-refractivity contribution in [2.24, 2.45) is 0 Å². The molecule has 0 amide bonds. The lowest BCUT2D eigenvalue weighted by atomic mass is 9.98. The average Bonchev–Trinajstić information content (AvgIpc) is 2.87. The molecule has 0 aliphatic heterocycles. The van der Waals surface area contributed by atoms with Crippen LogP contribution in [-0.4, -0.2) is 19.6 Å². The van der Waals surface area contributed by atoms with Gasteiger partial charge in [0.05, 0.1) is 5.69 Å². The van der Waals surface area contributed by atoms with Crippen LogP contribution in [-0.2, 0) is 0 Å². The molecule has 3 rings (SSSR count). The van der Waals surface area contributed by atoms with Gasteiger partial charge in [0.15, 0.2) is 0 Å². The van der Waals surface area contributed by atoms with Crippen LogP contribution in [0.1, 0.15) is 25.3 Å². The second-order valence-electron chi connectivity index (χ2n) is 4.88. The van der Waals surface area contributed by atoms with E-state index in [1.165, 1.54) is 10.8 Å². The third-order valence-electron chi connectivity index (χ3n) is 3.19. The molecule has 0 aliphatic carbocycles. The number of hydrogen-bond acceptors (Lipinski definition) is 3. The van der Waals surface area contributed by atoms with Gasteiger partial charge in [0.1, 0.15) is 6.33 Å². The lowest BCUT2D eigenvalue weighted by Crippen LogP contribution is -2.22. The van der Waals surface area contributed by atoms with Gasteiger partial charge in [-0.05, 0) is 23.6 Å². The Bertz CT molecular complexity index is 817. The molecular weight excluding hydrogens is 276 g/mol. The Balaban J connectivity index is 2.36. The topological polar surface area (TPSA) is 63.1 Å². The SMILES string of the molecule is CC(C)c1c(-c2ccc(Cl)cc2)[nH]c2ncnn2c1=O. The van der Waals surface area contributed by atoms with E-state index in [9.17, 15) is 4.79 Å². The summed E-state index contributed by atoms with van der Waals surface area (Å²) in [6, 6.07) is 7.36. The van der Waals surface area contributed by atoms with E-state index in [2.05, 4.69) is 15.1 Å². The summed E-state index contributed by atoms with van der Waals surface area (Å²) in [5, 5.41) is 4.61. The van der Waals surface area contributed by atoms with Gasteiger partial charge in [0.2, 0.25) is 5.78 Å². The normalized spacial score (nSPS) is 11.4. The number of H-pyrrole nitrogens is 1. The molecule has 1 aromatic carbocycles. The van der Waals surface area contributed by atoms with Crippen molar-refractivity contribution in [2.75, 3.05) is 0 Å². The van der Waals surface area contributed by atoms with Crippen LogP contribution in [0.5, 0.6) is 0 Å². The molecule has 20 heavy (non-hydrogen) atoms. The molecule has 1 N–H and O–H groups in total. The van der Waals surface area contributed by atoms with Crippen LogP contribution in [0.25, 0.3) is 17.0 Å². The zero-order chi connectivity index (χ0) is 14.3.